The number of aliphatic hydroxyl groups excluding tert-OH is 1. The van der Waals surface area contributed by atoms with E-state index < -0.39 is 67.5 Å². The third-order valence-electron chi connectivity index (χ3n) is 8.08. The van der Waals surface area contributed by atoms with Gasteiger partial charge in [-0.05, 0) is 24.8 Å². The summed E-state index contributed by atoms with van der Waals surface area (Å²) in [7, 11) is 0. The number of carbonyl (C=O) groups is 1. The van der Waals surface area contributed by atoms with Gasteiger partial charge in [-0.1, -0.05) is 12.2 Å². The molecule has 1 unspecified atom stereocenters. The normalized spacial score (nSPS) is 22.6. The van der Waals surface area contributed by atoms with Crippen LogP contribution in [0.1, 0.15) is 31.2 Å². The molecule has 1 atom stereocenters. The van der Waals surface area contributed by atoms with Crippen molar-refractivity contribution in [3.63, 3.8) is 0 Å². The monoisotopic (exact) mass is 622 g/mol. The van der Waals surface area contributed by atoms with Crippen molar-refractivity contribution in [1.82, 2.24) is 25.0 Å². The number of amides is 2. The number of nitrogens with two attached hydrogens (primary N) is 1. The van der Waals surface area contributed by atoms with E-state index in [2.05, 4.69) is 38.6 Å². The van der Waals surface area contributed by atoms with Gasteiger partial charge in [0, 0.05) is 49.9 Å². The van der Waals surface area contributed by atoms with Gasteiger partial charge in [0.05, 0.1) is 29.7 Å². The Morgan fingerprint density at radius 2 is 1.81 bits per heavy atom. The molecule has 2 aromatic heterocycles. The standard InChI is InChI=1S/C23H26F6N8O3.CH2S/c24-22(25,26)19(11-38)9-36(10-19)17(31)12-6-32-14(5-13(12)30)16-15(7-33-35-16)34-18(39)37-4-3-21(40,23(27,28)29)8-20(37)1-2-20;1-2/h5-7,31,38,40H,1-4,8-11H2,(H2,30,32)(H,33,35)(H,34,39);1H2. The second-order valence-corrected chi connectivity index (χ2v) is 10.7. The van der Waals surface area contributed by atoms with Gasteiger partial charge in [-0.15, -0.1) is 0 Å². The number of urea groups is 1. The SMILES string of the molecule is C=S.N=C(c1cnc(-c2[nH]ncc2NC(=O)N2CCC(O)(C(F)(F)F)CC23CC3)cc1N)N1CC(CO)(C(F)(F)F)C1. The Bertz CT molecular complexity index is 1360. The molecule has 2 amide bonds. The number of hydrogen-bond donors (Lipinski definition) is 6. The lowest BCUT2D eigenvalue weighted by Crippen LogP contribution is -2.66. The Labute approximate surface area is 240 Å². The number of rotatable bonds is 4. The minimum Gasteiger partial charge on any atom is -0.398 e. The van der Waals surface area contributed by atoms with E-state index in [4.69, 9.17) is 11.1 Å². The van der Waals surface area contributed by atoms with Crippen molar-refractivity contribution in [2.45, 2.75) is 49.2 Å². The van der Waals surface area contributed by atoms with Crippen molar-refractivity contribution in [3.05, 3.63) is 24.0 Å². The number of aliphatic hydroxyl groups is 2. The number of aromatic amines is 1. The first kappa shape index (κ1) is 31.4. The molecule has 3 aliphatic rings. The molecule has 7 N–H and O–H groups in total. The molecule has 5 rings (SSSR count). The van der Waals surface area contributed by atoms with Crippen LogP contribution in [0.3, 0.4) is 0 Å². The molecule has 1 saturated carbocycles. The number of nitrogens with one attached hydrogen (secondary N) is 3. The van der Waals surface area contributed by atoms with Gasteiger partial charge in [0.2, 0.25) is 0 Å². The van der Waals surface area contributed by atoms with Gasteiger partial charge in [0.25, 0.3) is 0 Å². The van der Waals surface area contributed by atoms with Gasteiger partial charge >= 0.3 is 18.4 Å². The van der Waals surface area contributed by atoms with Crippen LogP contribution in [0.15, 0.2) is 18.5 Å². The topological polar surface area (TPSA) is 167 Å². The maximum absolute atomic E-state index is 13.4. The van der Waals surface area contributed by atoms with Crippen molar-refractivity contribution in [3.8, 4) is 11.4 Å². The molecule has 0 radical (unpaired) electrons. The Kier molecular flexibility index (Phi) is 7.96. The minimum atomic E-state index is -4.81. The van der Waals surface area contributed by atoms with Crippen LogP contribution in [-0.4, -0.2) is 103 Å². The average molecular weight is 623 g/mol. The summed E-state index contributed by atoms with van der Waals surface area (Å²) in [5.74, 6) is 2.53. The third-order valence-corrected chi connectivity index (χ3v) is 8.08. The molecule has 0 aromatic carbocycles. The van der Waals surface area contributed by atoms with Crippen molar-refractivity contribution in [1.29, 1.82) is 5.41 Å². The highest BCUT2D eigenvalue weighted by Gasteiger charge is 2.65. The fourth-order valence-corrected chi connectivity index (χ4v) is 5.36. The van der Waals surface area contributed by atoms with Crippen LogP contribution in [-0.2, 0) is 0 Å². The number of alkyl halides is 6. The van der Waals surface area contributed by atoms with Gasteiger partial charge in [-0.3, -0.25) is 15.5 Å². The third kappa shape index (κ3) is 5.26. The summed E-state index contributed by atoms with van der Waals surface area (Å²) in [4.78, 5) is 19.7. The molecule has 11 nitrogen and oxygen atoms in total. The zero-order valence-corrected chi connectivity index (χ0v) is 22.8. The highest BCUT2D eigenvalue weighted by atomic mass is 32.1. The predicted molar refractivity (Wildman–Crippen MR) is 143 cm³/mol. The van der Waals surface area contributed by atoms with E-state index in [-0.39, 0.29) is 40.7 Å². The first-order valence-electron chi connectivity index (χ1n) is 12.5. The fraction of sp³-hybridized carbons (Fsp3) is 0.542. The number of amidine groups is 1. The second kappa shape index (κ2) is 10.6. The Morgan fingerprint density at radius 1 is 1.17 bits per heavy atom. The summed E-state index contributed by atoms with van der Waals surface area (Å²) in [6, 6.07) is 0.661. The van der Waals surface area contributed by atoms with Crippen molar-refractivity contribution in [2.75, 3.05) is 37.3 Å². The summed E-state index contributed by atoms with van der Waals surface area (Å²) in [5.41, 5.74) is 0.395. The first-order chi connectivity index (χ1) is 19.5. The van der Waals surface area contributed by atoms with Crippen LogP contribution < -0.4 is 11.1 Å². The van der Waals surface area contributed by atoms with Crippen LogP contribution in [0.25, 0.3) is 11.4 Å². The summed E-state index contributed by atoms with van der Waals surface area (Å²) in [5, 5.41) is 36.8. The molecule has 2 aromatic rings. The minimum absolute atomic E-state index is 0.00906. The van der Waals surface area contributed by atoms with E-state index in [1.807, 2.05) is 0 Å². The van der Waals surface area contributed by atoms with Crippen LogP contribution in [0.4, 0.5) is 42.5 Å². The molecular weight excluding hydrogens is 594 g/mol. The van der Waals surface area contributed by atoms with E-state index in [0.29, 0.717) is 12.8 Å². The molecule has 18 heteroatoms. The number of nitrogen functional groups attached to an aromatic ring is 1. The molecule has 2 aliphatic heterocycles. The van der Waals surface area contributed by atoms with Gasteiger partial charge in [0.1, 0.15) is 16.9 Å². The van der Waals surface area contributed by atoms with Crippen molar-refractivity contribution < 1.29 is 41.4 Å². The molecule has 1 aliphatic carbocycles. The number of H-pyrrole nitrogens is 1. The maximum Gasteiger partial charge on any atom is 0.417 e. The number of likely N-dealkylation sites (tertiary alicyclic amines) is 2. The predicted octanol–water partition coefficient (Wildman–Crippen LogP) is 3.31. The lowest BCUT2D eigenvalue weighted by Gasteiger charge is -2.50. The number of aromatic nitrogens is 3. The second-order valence-electron chi connectivity index (χ2n) is 10.7. The van der Waals surface area contributed by atoms with Crippen molar-refractivity contribution >= 4 is 41.3 Å². The first-order valence-corrected chi connectivity index (χ1v) is 13.1. The zero-order chi connectivity index (χ0) is 31.3. The van der Waals surface area contributed by atoms with Crippen molar-refractivity contribution in [2.24, 2.45) is 5.41 Å². The molecule has 4 heterocycles. The Balaban J connectivity index is 0.00000198. The molecule has 0 bridgehead atoms. The molecule has 230 valence electrons. The number of anilines is 2. The fourth-order valence-electron chi connectivity index (χ4n) is 5.36. The summed E-state index contributed by atoms with van der Waals surface area (Å²) >= 11 is 3.83. The number of hydrogen-bond acceptors (Lipinski definition) is 8. The van der Waals surface area contributed by atoms with E-state index in [0.717, 1.165) is 4.90 Å². The summed E-state index contributed by atoms with van der Waals surface area (Å²) < 4.78 is 79.9. The van der Waals surface area contributed by atoms with Gasteiger partial charge in [-0.25, -0.2) is 4.79 Å². The largest absolute Gasteiger partial charge is 0.417 e. The molecule has 42 heavy (non-hydrogen) atoms. The van der Waals surface area contributed by atoms with Crippen LogP contribution in [0.5, 0.6) is 0 Å². The maximum atomic E-state index is 13.4. The quantitative estimate of drug-likeness (QED) is 0.131. The summed E-state index contributed by atoms with van der Waals surface area (Å²) in [6.07, 6.45) is -7.62. The zero-order valence-electron chi connectivity index (χ0n) is 21.9. The van der Waals surface area contributed by atoms with Gasteiger partial charge in [0.15, 0.2) is 5.60 Å². The van der Waals surface area contributed by atoms with Crippen LogP contribution in [0.2, 0.25) is 0 Å². The summed E-state index contributed by atoms with van der Waals surface area (Å²) in [6.45, 7) is -2.63. The lowest BCUT2D eigenvalue weighted by molar-refractivity contribution is -0.277. The van der Waals surface area contributed by atoms with E-state index in [1.165, 1.54) is 23.4 Å². The molecule has 3 fully saturated rings. The van der Waals surface area contributed by atoms with Crippen LogP contribution in [0, 0.1) is 10.8 Å². The van der Waals surface area contributed by atoms with Gasteiger partial charge in [-0.2, -0.15) is 31.4 Å². The Morgan fingerprint density at radius 3 is 2.33 bits per heavy atom. The van der Waals surface area contributed by atoms with E-state index in [1.54, 1.807) is 0 Å². The highest BCUT2D eigenvalue weighted by Crippen LogP contribution is 2.55. The molecule has 1 spiro atoms. The number of halogens is 6. The average Bonchev–Trinajstić information content (AvgIpc) is 3.47. The van der Waals surface area contributed by atoms with E-state index >= 15 is 0 Å². The van der Waals surface area contributed by atoms with Gasteiger partial charge < -0.3 is 31.1 Å². The van der Waals surface area contributed by atoms with Crippen LogP contribution >= 0.6 is 12.2 Å². The number of carbonyl (C=O) groups excluding carboxylic acids is 1. The molecule has 2 saturated heterocycles. The Hall–Kier alpha value is -3.51. The highest BCUT2D eigenvalue weighted by molar-refractivity contribution is 7.77. The number of piperidine rings is 1. The molecular formula is C24H28F6N8O3S. The smallest absolute Gasteiger partial charge is 0.398 e. The number of pyridine rings is 1. The number of nitrogens with zero attached hydrogens (tertiary/aromatic N) is 4. The lowest BCUT2D eigenvalue weighted by atomic mass is 9.79. The van der Waals surface area contributed by atoms with E-state index in [9.17, 15) is 41.4 Å². The number of thiocarbonyl (C=S) groups is 1.